The van der Waals surface area contributed by atoms with Crippen LogP contribution in [0.4, 0.5) is 0 Å². The zero-order valence-electron chi connectivity index (χ0n) is 12.5. The van der Waals surface area contributed by atoms with Crippen LogP contribution in [0.3, 0.4) is 0 Å². The Balaban J connectivity index is 1.80. The predicted octanol–water partition coefficient (Wildman–Crippen LogP) is 3.18. The fourth-order valence-corrected chi connectivity index (χ4v) is 2.80. The van der Waals surface area contributed by atoms with E-state index in [0.717, 1.165) is 54.8 Å². The topological polar surface area (TPSA) is 41.3 Å². The largest absolute Gasteiger partial charge is 0.465 e. The summed E-state index contributed by atoms with van der Waals surface area (Å²) in [7, 11) is 2.09. The Labute approximate surface area is 124 Å². The molecule has 0 amide bonds. The van der Waals surface area contributed by atoms with Crippen molar-refractivity contribution in [1.82, 2.24) is 15.2 Å². The first-order valence-electron chi connectivity index (χ1n) is 7.05. The van der Waals surface area contributed by atoms with Crippen LogP contribution in [0.2, 0.25) is 0 Å². The average molecular weight is 293 g/mol. The highest BCUT2D eigenvalue weighted by Gasteiger charge is 2.08. The van der Waals surface area contributed by atoms with Crippen LogP contribution >= 0.6 is 11.3 Å². The number of nitrogens with one attached hydrogen (secondary N) is 1. The van der Waals surface area contributed by atoms with Gasteiger partial charge in [-0.05, 0) is 39.1 Å². The van der Waals surface area contributed by atoms with E-state index in [1.54, 1.807) is 11.3 Å². The Hall–Kier alpha value is -1.17. The molecule has 2 aromatic heterocycles. The Morgan fingerprint density at radius 2 is 2.20 bits per heavy atom. The average Bonchev–Trinajstić information content (AvgIpc) is 2.99. The van der Waals surface area contributed by atoms with E-state index in [2.05, 4.69) is 34.6 Å². The van der Waals surface area contributed by atoms with Crippen LogP contribution in [-0.4, -0.2) is 23.5 Å². The molecular weight excluding hydrogens is 270 g/mol. The summed E-state index contributed by atoms with van der Waals surface area (Å²) in [6.45, 7) is 7.73. The summed E-state index contributed by atoms with van der Waals surface area (Å²) in [4.78, 5) is 6.87. The van der Waals surface area contributed by atoms with Gasteiger partial charge in [0.1, 0.15) is 16.5 Å². The maximum Gasteiger partial charge on any atom is 0.118 e. The molecule has 0 atom stereocenters. The number of nitrogens with zero attached hydrogens (tertiary/aromatic N) is 2. The molecule has 5 heteroatoms. The van der Waals surface area contributed by atoms with Crippen LogP contribution in [0.1, 0.15) is 35.6 Å². The Morgan fingerprint density at radius 3 is 2.90 bits per heavy atom. The van der Waals surface area contributed by atoms with Crippen LogP contribution in [0, 0.1) is 6.92 Å². The zero-order valence-corrected chi connectivity index (χ0v) is 13.3. The van der Waals surface area contributed by atoms with E-state index in [0.29, 0.717) is 0 Å². The van der Waals surface area contributed by atoms with Crippen molar-refractivity contribution in [3.05, 3.63) is 39.7 Å². The number of thiazole rings is 1. The molecule has 0 aliphatic carbocycles. The van der Waals surface area contributed by atoms with Gasteiger partial charge >= 0.3 is 0 Å². The molecule has 4 nitrogen and oxygen atoms in total. The predicted molar refractivity (Wildman–Crippen MR) is 82.7 cm³/mol. The summed E-state index contributed by atoms with van der Waals surface area (Å²) in [6.07, 6.45) is 1.16. The summed E-state index contributed by atoms with van der Waals surface area (Å²) < 4.78 is 5.59. The molecule has 110 valence electrons. The first-order valence-corrected chi connectivity index (χ1v) is 7.93. The van der Waals surface area contributed by atoms with E-state index < -0.39 is 0 Å². The smallest absolute Gasteiger partial charge is 0.118 e. The summed E-state index contributed by atoms with van der Waals surface area (Å²) in [5, 5.41) is 6.69. The Kier molecular flexibility index (Phi) is 5.76. The lowest BCUT2D eigenvalue weighted by Crippen LogP contribution is -2.17. The van der Waals surface area contributed by atoms with Gasteiger partial charge in [-0.15, -0.1) is 11.3 Å². The molecule has 0 radical (unpaired) electrons. The molecule has 0 fully saturated rings. The van der Waals surface area contributed by atoms with Gasteiger partial charge in [-0.25, -0.2) is 4.98 Å². The molecule has 2 rings (SSSR count). The summed E-state index contributed by atoms with van der Waals surface area (Å²) in [5.74, 6) is 1.97. The molecule has 0 aliphatic rings. The first-order chi connectivity index (χ1) is 9.67. The Bertz CT molecular complexity index is 521. The minimum atomic E-state index is 0.814. The van der Waals surface area contributed by atoms with E-state index in [1.165, 1.54) is 0 Å². The highest BCUT2D eigenvalue weighted by atomic mass is 32.1. The van der Waals surface area contributed by atoms with Crippen molar-refractivity contribution in [2.45, 2.75) is 39.9 Å². The fourth-order valence-electron chi connectivity index (χ4n) is 2.04. The third-order valence-electron chi connectivity index (χ3n) is 2.96. The molecule has 0 saturated heterocycles. The second-order valence-electron chi connectivity index (χ2n) is 5.09. The second-order valence-corrected chi connectivity index (χ2v) is 6.04. The van der Waals surface area contributed by atoms with Gasteiger partial charge in [-0.2, -0.15) is 0 Å². The Morgan fingerprint density at radius 1 is 1.35 bits per heavy atom. The van der Waals surface area contributed by atoms with Crippen molar-refractivity contribution >= 4 is 11.3 Å². The number of hydrogen-bond acceptors (Lipinski definition) is 5. The quantitative estimate of drug-likeness (QED) is 0.759. The molecule has 1 N–H and O–H groups in total. The normalized spacial score (nSPS) is 11.4. The number of hydrogen-bond donors (Lipinski definition) is 1. The van der Waals surface area contributed by atoms with Crippen LogP contribution in [-0.2, 0) is 19.6 Å². The van der Waals surface area contributed by atoms with E-state index in [4.69, 9.17) is 4.42 Å². The lowest BCUT2D eigenvalue weighted by Gasteiger charge is -2.13. The van der Waals surface area contributed by atoms with E-state index in [1.807, 2.05) is 19.1 Å². The monoisotopic (exact) mass is 293 g/mol. The molecule has 0 spiro atoms. The van der Waals surface area contributed by atoms with Gasteiger partial charge in [0, 0.05) is 18.5 Å². The summed E-state index contributed by atoms with van der Waals surface area (Å²) >= 11 is 1.73. The molecule has 0 aliphatic heterocycles. The van der Waals surface area contributed by atoms with E-state index in [9.17, 15) is 0 Å². The van der Waals surface area contributed by atoms with Gasteiger partial charge in [0.15, 0.2) is 0 Å². The number of aromatic nitrogens is 1. The minimum absolute atomic E-state index is 0.814. The number of furan rings is 1. The second kappa shape index (κ2) is 7.57. The van der Waals surface area contributed by atoms with Gasteiger partial charge in [0.2, 0.25) is 0 Å². The minimum Gasteiger partial charge on any atom is -0.465 e. The standard InChI is InChI=1S/C15H23N3OS/c1-4-7-16-8-15-17-13(11-20-15)9-18(3)10-14-6-5-12(2)19-14/h5-6,11,16H,4,7-10H2,1-3H3. The van der Waals surface area contributed by atoms with Crippen molar-refractivity contribution in [3.8, 4) is 0 Å². The van der Waals surface area contributed by atoms with Gasteiger partial charge in [-0.3, -0.25) is 4.90 Å². The van der Waals surface area contributed by atoms with E-state index in [-0.39, 0.29) is 0 Å². The molecule has 0 unspecified atom stereocenters. The molecule has 0 aromatic carbocycles. The van der Waals surface area contributed by atoms with Crippen LogP contribution in [0.5, 0.6) is 0 Å². The van der Waals surface area contributed by atoms with Crippen molar-refractivity contribution < 1.29 is 4.42 Å². The SMILES string of the molecule is CCCNCc1nc(CN(C)Cc2ccc(C)o2)cs1. The van der Waals surface area contributed by atoms with Crippen molar-refractivity contribution in [2.75, 3.05) is 13.6 Å². The maximum atomic E-state index is 5.59. The van der Waals surface area contributed by atoms with Crippen molar-refractivity contribution in [1.29, 1.82) is 0 Å². The van der Waals surface area contributed by atoms with Crippen molar-refractivity contribution in [2.24, 2.45) is 0 Å². The summed E-state index contributed by atoms with van der Waals surface area (Å²) in [5.41, 5.74) is 1.13. The lowest BCUT2D eigenvalue weighted by atomic mass is 10.4. The maximum absolute atomic E-state index is 5.59. The van der Waals surface area contributed by atoms with E-state index >= 15 is 0 Å². The van der Waals surface area contributed by atoms with Gasteiger partial charge in [0.25, 0.3) is 0 Å². The molecule has 20 heavy (non-hydrogen) atoms. The molecule has 0 bridgehead atoms. The highest BCUT2D eigenvalue weighted by molar-refractivity contribution is 7.09. The first kappa shape index (κ1) is 15.2. The van der Waals surface area contributed by atoms with Crippen LogP contribution in [0.15, 0.2) is 21.9 Å². The molecular formula is C15H23N3OS. The van der Waals surface area contributed by atoms with Gasteiger partial charge < -0.3 is 9.73 Å². The van der Waals surface area contributed by atoms with Crippen LogP contribution < -0.4 is 5.32 Å². The molecule has 0 saturated carbocycles. The number of rotatable bonds is 8. The van der Waals surface area contributed by atoms with Gasteiger partial charge in [0.05, 0.1) is 12.2 Å². The fraction of sp³-hybridized carbons (Fsp3) is 0.533. The summed E-state index contributed by atoms with van der Waals surface area (Å²) in [6, 6.07) is 4.04. The highest BCUT2D eigenvalue weighted by Crippen LogP contribution is 2.14. The molecule has 2 aromatic rings. The third-order valence-corrected chi connectivity index (χ3v) is 3.85. The zero-order chi connectivity index (χ0) is 14.4. The lowest BCUT2D eigenvalue weighted by molar-refractivity contribution is 0.282. The molecule has 2 heterocycles. The number of aryl methyl sites for hydroxylation is 1. The van der Waals surface area contributed by atoms with Crippen LogP contribution in [0.25, 0.3) is 0 Å². The van der Waals surface area contributed by atoms with Gasteiger partial charge in [-0.1, -0.05) is 6.92 Å². The third kappa shape index (κ3) is 4.74. The van der Waals surface area contributed by atoms with Crippen molar-refractivity contribution in [3.63, 3.8) is 0 Å².